The minimum atomic E-state index is -0.234. The van der Waals surface area contributed by atoms with E-state index in [0.717, 1.165) is 206 Å². The van der Waals surface area contributed by atoms with Crippen LogP contribution in [0, 0.1) is 102 Å². The Bertz CT molecular complexity index is 4360. The van der Waals surface area contributed by atoms with Crippen LogP contribution in [-0.2, 0) is 47.3 Å². The predicted molar refractivity (Wildman–Crippen MR) is 446 cm³/mol. The summed E-state index contributed by atoms with van der Waals surface area (Å²) in [6.45, 7) is 26.0. The Morgan fingerprint density at radius 3 is 0.965 bits per heavy atom. The smallest absolute Gasteiger partial charge is 0.228 e. The largest absolute Gasteiger partial charge is 0.492 e. The summed E-state index contributed by atoms with van der Waals surface area (Å²) < 4.78 is 37.6. The van der Waals surface area contributed by atoms with Crippen molar-refractivity contribution in [1.82, 2.24) is 20.3 Å². The molecule has 4 fully saturated rings. The van der Waals surface area contributed by atoms with Crippen LogP contribution >= 0.6 is 0 Å². The molecule has 0 saturated heterocycles. The number of pyridine rings is 3. The summed E-state index contributed by atoms with van der Waals surface area (Å²) in [5, 5.41) is 12.2. The highest BCUT2D eigenvalue weighted by Crippen LogP contribution is 2.55. The summed E-state index contributed by atoms with van der Waals surface area (Å²) in [5.41, 5.74) is 16.4. The van der Waals surface area contributed by atoms with E-state index in [9.17, 15) is 23.6 Å². The van der Waals surface area contributed by atoms with Crippen LogP contribution in [0.25, 0.3) is 0 Å². The number of nitrogens with zero attached hydrogens (tertiary/aromatic N) is 3. The Morgan fingerprint density at radius 1 is 0.389 bits per heavy atom. The molecule has 4 N–H and O–H groups in total. The van der Waals surface area contributed by atoms with Gasteiger partial charge in [-0.15, -0.1) is 0 Å². The molecule has 8 aromatic rings. The van der Waals surface area contributed by atoms with Gasteiger partial charge in [-0.1, -0.05) is 100 Å². The Labute approximate surface area is 669 Å². The summed E-state index contributed by atoms with van der Waals surface area (Å²) in [6, 6.07) is 42.8. The molecule has 17 rings (SSSR count). The van der Waals surface area contributed by atoms with E-state index in [-0.39, 0.29) is 80.8 Å². The quantitative estimate of drug-likeness (QED) is 0.0763. The molecule has 16 heteroatoms. The van der Waals surface area contributed by atoms with E-state index in [1.54, 1.807) is 24.7 Å². The second kappa shape index (κ2) is 34.3. The van der Waals surface area contributed by atoms with Crippen molar-refractivity contribution in [2.45, 2.75) is 232 Å². The molecule has 4 saturated carbocycles. The highest BCUT2D eigenvalue weighted by molar-refractivity contribution is 5.93. The normalized spacial score (nSPS) is 25.4. The van der Waals surface area contributed by atoms with Gasteiger partial charge in [0.2, 0.25) is 23.6 Å². The second-order valence-electron chi connectivity index (χ2n) is 35.2. The van der Waals surface area contributed by atoms with Crippen molar-refractivity contribution < 1.29 is 42.5 Å². The number of benzene rings is 5. The lowest BCUT2D eigenvalue weighted by atomic mass is 9.65. The third-order valence-corrected chi connectivity index (χ3v) is 27.7. The van der Waals surface area contributed by atoms with E-state index in [4.69, 9.17) is 18.9 Å². The molecule has 3 aromatic heterocycles. The number of ether oxygens (including phenoxy) is 4. The topological polar surface area (TPSA) is 192 Å². The molecule has 5 aromatic carbocycles. The van der Waals surface area contributed by atoms with Gasteiger partial charge in [0.25, 0.3) is 0 Å². The van der Waals surface area contributed by atoms with E-state index < -0.39 is 0 Å². The molecule has 5 aliphatic carbocycles. The van der Waals surface area contributed by atoms with Crippen molar-refractivity contribution in [3.63, 3.8) is 0 Å². The number of carbonyl (C=O) groups excluding carboxylic acids is 4. The van der Waals surface area contributed by atoms with E-state index in [1.165, 1.54) is 50.6 Å². The molecular formula is C97H118FN7O8. The number of carbonyl (C=O) groups is 4. The van der Waals surface area contributed by atoms with Crippen molar-refractivity contribution >= 4 is 41.1 Å². The molecule has 15 nitrogen and oxygen atoms in total. The molecular weight excluding hydrogens is 1410 g/mol. The number of hydrogen-bond donors (Lipinski definition) is 4. The second-order valence-corrected chi connectivity index (χ2v) is 35.2. The highest BCUT2D eigenvalue weighted by atomic mass is 19.1. The number of amides is 4. The standard InChI is InChI=1S/C25H28FNO2.3C24H30N2O2/c1-15-3-6-21-23(11-15)29-14-25(21)9-7-17(8-10-25)16(2)24(28)27-22-12-18-4-5-19(26)13-20(18)22;3*1-4-19(23(27)26-22-8-6-17(3)14-25-22)18-9-11-24(12-10-18)15-28-21-13-16(2)5-7-20(21)24/h3-6,11,13,16-17,22H,7-10,12,14H2,1-2H3,(H,27,28);3*5-8,13-14,18-19H,4,9-12,15H2,1-3H3,(H,25,26,27)/t16-,17?,22?,25?;3*18?,19-,24?/m0110/s1. The predicted octanol–water partition coefficient (Wildman–Crippen LogP) is 20.6. The lowest BCUT2D eigenvalue weighted by Gasteiger charge is -2.39. The Balaban J connectivity index is 0.000000125. The maximum Gasteiger partial charge on any atom is 0.228 e. The monoisotopic (exact) mass is 1530 g/mol. The first-order valence-electron chi connectivity index (χ1n) is 42.2. The Kier molecular flexibility index (Phi) is 24.4. The van der Waals surface area contributed by atoms with Gasteiger partial charge in [0, 0.05) is 86.2 Å². The number of fused-ring (bicyclic) bond motifs is 9. The number of aromatic nitrogens is 3. The molecule has 4 aliphatic heterocycles. The summed E-state index contributed by atoms with van der Waals surface area (Å²) in [5.74, 6) is 8.15. The van der Waals surface area contributed by atoms with E-state index in [1.807, 2.05) is 70.2 Å². The van der Waals surface area contributed by atoms with E-state index in [2.05, 4.69) is 157 Å². The molecule has 1 unspecified atom stereocenters. The van der Waals surface area contributed by atoms with Gasteiger partial charge >= 0.3 is 0 Å². The maximum absolute atomic E-state index is 13.5. The zero-order valence-electron chi connectivity index (χ0n) is 68.5. The first-order chi connectivity index (χ1) is 54.5. The van der Waals surface area contributed by atoms with Gasteiger partial charge in [-0.25, -0.2) is 19.3 Å². The number of rotatable bonds is 15. The van der Waals surface area contributed by atoms with Crippen LogP contribution in [0.5, 0.6) is 23.0 Å². The van der Waals surface area contributed by atoms with Gasteiger partial charge in [-0.3, -0.25) is 19.2 Å². The zero-order chi connectivity index (χ0) is 79.3. The van der Waals surface area contributed by atoms with E-state index >= 15 is 0 Å². The minimum absolute atomic E-state index is 0.0234. The number of anilines is 3. The van der Waals surface area contributed by atoms with Gasteiger partial charge in [-0.2, -0.15) is 0 Å². The number of nitrogens with one attached hydrogen (secondary N) is 4. The van der Waals surface area contributed by atoms with Crippen LogP contribution in [0.2, 0.25) is 0 Å². The lowest BCUT2D eigenvalue weighted by molar-refractivity contribution is -0.127. The van der Waals surface area contributed by atoms with Crippen molar-refractivity contribution in [1.29, 1.82) is 0 Å². The third-order valence-electron chi connectivity index (χ3n) is 27.7. The third kappa shape index (κ3) is 17.5. The van der Waals surface area contributed by atoms with Crippen molar-refractivity contribution in [3.05, 3.63) is 224 Å². The molecule has 4 spiro atoms. The van der Waals surface area contributed by atoms with Crippen LogP contribution in [0.3, 0.4) is 0 Å². The molecule has 4 amide bonds. The van der Waals surface area contributed by atoms with Gasteiger partial charge < -0.3 is 40.2 Å². The number of hydrogen-bond acceptors (Lipinski definition) is 11. The van der Waals surface area contributed by atoms with Crippen LogP contribution < -0.4 is 40.2 Å². The molecule has 0 radical (unpaired) electrons. The SMILES string of the molecule is CC[C@@H](C(=O)Nc1ccc(C)cn1)C1CCC2(CC1)COc1cc(C)ccc12.CC[C@@H](C(=O)Nc1ccc(C)cn1)C1CCC2(CC1)COc1cc(C)ccc12.CC[C@H](C(=O)Nc1ccc(C)cn1)C1CCC2(CC1)COc1cc(C)ccc12.Cc1ccc2c(c1)OCC21CCC([C@H](C)C(=O)NC2Cc3ccc(F)cc32)CC1. The summed E-state index contributed by atoms with van der Waals surface area (Å²) >= 11 is 0. The molecule has 596 valence electrons. The van der Waals surface area contributed by atoms with Gasteiger partial charge in [-0.05, 0) is 305 Å². The maximum atomic E-state index is 13.5. The number of aryl methyl sites for hydroxylation is 7. The van der Waals surface area contributed by atoms with Crippen LogP contribution in [0.1, 0.15) is 228 Å². The van der Waals surface area contributed by atoms with Crippen molar-refractivity contribution in [2.75, 3.05) is 42.4 Å². The molecule has 5 atom stereocenters. The fraction of sp³-hybridized carbons (Fsp3) is 0.495. The molecule has 7 heterocycles. The molecule has 9 aliphatic rings. The van der Waals surface area contributed by atoms with Gasteiger partial charge in [0.15, 0.2) is 0 Å². The average molecular weight is 1530 g/mol. The fourth-order valence-electron chi connectivity index (χ4n) is 20.5. The summed E-state index contributed by atoms with van der Waals surface area (Å²) in [4.78, 5) is 64.5. The Morgan fingerprint density at radius 2 is 0.681 bits per heavy atom. The average Bonchev–Trinajstić information content (AvgIpc) is 1.61. The number of halogens is 1. The van der Waals surface area contributed by atoms with Gasteiger partial charge in [0.05, 0.1) is 32.5 Å². The first kappa shape index (κ1) is 80.2. The van der Waals surface area contributed by atoms with Crippen LogP contribution in [0.4, 0.5) is 21.8 Å². The fourth-order valence-corrected chi connectivity index (χ4v) is 20.5. The van der Waals surface area contributed by atoms with Crippen molar-refractivity contribution in [2.24, 2.45) is 47.3 Å². The summed E-state index contributed by atoms with van der Waals surface area (Å²) in [6.07, 6.45) is 26.0. The Hall–Kier alpha value is -9.44. The molecule has 0 bridgehead atoms. The van der Waals surface area contributed by atoms with E-state index in [0.29, 0.717) is 41.1 Å². The highest BCUT2D eigenvalue weighted by Gasteiger charge is 2.50. The van der Waals surface area contributed by atoms with Crippen LogP contribution in [0.15, 0.2) is 146 Å². The zero-order valence-corrected chi connectivity index (χ0v) is 68.5. The van der Waals surface area contributed by atoms with Gasteiger partial charge in [0.1, 0.15) is 46.3 Å². The molecule has 113 heavy (non-hydrogen) atoms. The summed E-state index contributed by atoms with van der Waals surface area (Å²) in [7, 11) is 0. The minimum Gasteiger partial charge on any atom is -0.492 e. The lowest BCUT2D eigenvalue weighted by Crippen LogP contribution is -2.42. The first-order valence-corrected chi connectivity index (χ1v) is 42.2. The van der Waals surface area contributed by atoms with Crippen molar-refractivity contribution in [3.8, 4) is 23.0 Å². The van der Waals surface area contributed by atoms with Crippen LogP contribution in [-0.4, -0.2) is 65.0 Å².